The highest BCUT2D eigenvalue weighted by Gasteiger charge is 2.13. The summed E-state index contributed by atoms with van der Waals surface area (Å²) >= 11 is 0.921. The van der Waals surface area contributed by atoms with E-state index >= 15 is 0 Å². The van der Waals surface area contributed by atoms with E-state index < -0.39 is 12.0 Å². The van der Waals surface area contributed by atoms with Crippen LogP contribution in [0.3, 0.4) is 0 Å². The van der Waals surface area contributed by atoms with Crippen LogP contribution in [-0.4, -0.2) is 54.9 Å². The van der Waals surface area contributed by atoms with Gasteiger partial charge in [0.2, 0.25) is 0 Å². The van der Waals surface area contributed by atoms with Crippen molar-refractivity contribution in [2.75, 3.05) is 32.7 Å². The van der Waals surface area contributed by atoms with Crippen molar-refractivity contribution in [1.82, 2.24) is 0 Å². The van der Waals surface area contributed by atoms with Crippen molar-refractivity contribution in [3.8, 4) is 0 Å². The molecule has 0 saturated carbocycles. The van der Waals surface area contributed by atoms with Gasteiger partial charge in [-0.05, 0) is 0 Å². The van der Waals surface area contributed by atoms with E-state index in [1.165, 1.54) is 0 Å². The van der Waals surface area contributed by atoms with E-state index in [1.54, 1.807) is 7.11 Å². The summed E-state index contributed by atoms with van der Waals surface area (Å²) in [4.78, 5) is 21.6. The molecule has 1 atom stereocenters. The molecule has 0 saturated heterocycles. The van der Waals surface area contributed by atoms with E-state index in [9.17, 15) is 9.59 Å². The molecule has 0 aliphatic heterocycles. The van der Waals surface area contributed by atoms with Gasteiger partial charge in [0, 0.05) is 19.3 Å². The number of ether oxygens (including phenoxy) is 2. The molecule has 0 aromatic carbocycles. The molecule has 7 heteroatoms. The largest absolute Gasteiger partial charge is 0.480 e. The third-order valence-electron chi connectivity index (χ3n) is 1.62. The number of aliphatic carboxylic acids is 1. The molecule has 16 heavy (non-hydrogen) atoms. The Morgan fingerprint density at radius 2 is 2.06 bits per heavy atom. The van der Waals surface area contributed by atoms with Crippen molar-refractivity contribution in [2.45, 2.75) is 12.5 Å². The summed E-state index contributed by atoms with van der Waals surface area (Å²) in [5.74, 6) is -1.01. The number of carbonyl (C=O) groups excluding carboxylic acids is 1. The zero-order chi connectivity index (χ0) is 12.4. The second-order valence-corrected chi connectivity index (χ2v) is 4.06. The van der Waals surface area contributed by atoms with Crippen LogP contribution in [0.2, 0.25) is 0 Å². The van der Waals surface area contributed by atoms with Gasteiger partial charge in [0.15, 0.2) is 5.12 Å². The van der Waals surface area contributed by atoms with Crippen molar-refractivity contribution in [1.29, 1.82) is 0 Å². The van der Waals surface area contributed by atoms with Crippen LogP contribution in [0.15, 0.2) is 0 Å². The molecule has 94 valence electrons. The first-order valence-electron chi connectivity index (χ1n) is 4.78. The van der Waals surface area contributed by atoms with Crippen LogP contribution < -0.4 is 5.73 Å². The number of carboxylic acids is 1. The maximum Gasteiger partial charge on any atom is 0.321 e. The Bertz CT molecular complexity index is 224. The molecule has 0 aromatic rings. The van der Waals surface area contributed by atoms with E-state index in [0.717, 1.165) is 11.8 Å². The number of thioether (sulfide) groups is 1. The minimum Gasteiger partial charge on any atom is -0.480 e. The van der Waals surface area contributed by atoms with Gasteiger partial charge >= 0.3 is 5.97 Å². The van der Waals surface area contributed by atoms with Crippen LogP contribution in [0.1, 0.15) is 6.42 Å². The van der Waals surface area contributed by atoms with Gasteiger partial charge in [-0.15, -0.1) is 0 Å². The van der Waals surface area contributed by atoms with Crippen molar-refractivity contribution < 1.29 is 24.2 Å². The number of rotatable bonds is 9. The maximum absolute atomic E-state index is 11.2. The molecule has 0 heterocycles. The fourth-order valence-corrected chi connectivity index (χ4v) is 1.46. The summed E-state index contributed by atoms with van der Waals surface area (Å²) in [7, 11) is 1.57. The molecule has 0 unspecified atom stereocenters. The number of methoxy groups -OCH3 is 1. The van der Waals surface area contributed by atoms with E-state index in [-0.39, 0.29) is 17.3 Å². The normalized spacial score (nSPS) is 12.4. The molecule has 0 spiro atoms. The van der Waals surface area contributed by atoms with Crippen LogP contribution >= 0.6 is 11.8 Å². The molecule has 0 bridgehead atoms. The number of nitrogens with two attached hydrogens (primary N) is 1. The van der Waals surface area contributed by atoms with Gasteiger partial charge in [0.05, 0.1) is 19.8 Å². The fourth-order valence-electron chi connectivity index (χ4n) is 0.726. The average molecular weight is 251 g/mol. The average Bonchev–Trinajstić information content (AvgIpc) is 2.25. The van der Waals surface area contributed by atoms with Crippen LogP contribution in [0.4, 0.5) is 0 Å². The highest BCUT2D eigenvalue weighted by atomic mass is 32.2. The summed E-state index contributed by atoms with van der Waals surface area (Å²) < 4.78 is 9.85. The van der Waals surface area contributed by atoms with Gasteiger partial charge in [0.1, 0.15) is 6.04 Å². The smallest absolute Gasteiger partial charge is 0.321 e. The second kappa shape index (κ2) is 9.59. The Morgan fingerprint density at radius 1 is 1.38 bits per heavy atom. The van der Waals surface area contributed by atoms with Crippen LogP contribution in [0, 0.1) is 0 Å². The van der Waals surface area contributed by atoms with E-state index in [2.05, 4.69) is 0 Å². The summed E-state index contributed by atoms with van der Waals surface area (Å²) in [6.07, 6.45) is 0.251. The number of carboxylic acid groups (broad SMARTS) is 1. The summed E-state index contributed by atoms with van der Waals surface area (Å²) in [5.41, 5.74) is 5.24. The predicted octanol–water partition coefficient (Wildman–Crippen LogP) is -0.289. The number of carbonyl (C=O) groups is 2. The molecule has 0 aliphatic rings. The molecule has 0 aromatic heterocycles. The number of hydrogen-bond acceptors (Lipinski definition) is 6. The Hall–Kier alpha value is -0.630. The third-order valence-corrected chi connectivity index (χ3v) is 2.68. The van der Waals surface area contributed by atoms with E-state index in [4.69, 9.17) is 20.3 Å². The molecule has 0 amide bonds. The van der Waals surface area contributed by atoms with Crippen LogP contribution in [0.5, 0.6) is 0 Å². The summed E-state index contributed by atoms with van der Waals surface area (Å²) in [6.45, 7) is 1.26. The van der Waals surface area contributed by atoms with E-state index in [0.29, 0.717) is 19.8 Å². The van der Waals surface area contributed by atoms with Gasteiger partial charge in [-0.1, -0.05) is 11.8 Å². The molecular formula is C9H17NO5S. The zero-order valence-electron chi connectivity index (χ0n) is 9.18. The highest BCUT2D eigenvalue weighted by Crippen LogP contribution is 2.06. The third kappa shape index (κ3) is 8.66. The Kier molecular flexibility index (Phi) is 9.21. The topological polar surface area (TPSA) is 98.9 Å². The lowest BCUT2D eigenvalue weighted by atomic mass is 10.4. The van der Waals surface area contributed by atoms with Gasteiger partial charge in [-0.3, -0.25) is 9.59 Å². The molecule has 3 N–H and O–H groups in total. The van der Waals surface area contributed by atoms with Crippen LogP contribution in [-0.2, 0) is 19.1 Å². The fraction of sp³-hybridized carbons (Fsp3) is 0.778. The maximum atomic E-state index is 11.2. The minimum atomic E-state index is -1.10. The van der Waals surface area contributed by atoms with Gasteiger partial charge < -0.3 is 20.3 Å². The van der Waals surface area contributed by atoms with Crippen LogP contribution in [0.25, 0.3) is 0 Å². The molecule has 0 rings (SSSR count). The van der Waals surface area contributed by atoms with E-state index in [1.807, 2.05) is 0 Å². The molecule has 0 fully saturated rings. The SMILES string of the molecule is COCCOCCC(=O)SC[C@H](N)C(=O)O. The zero-order valence-corrected chi connectivity index (χ0v) is 10.00. The molecule has 6 nitrogen and oxygen atoms in total. The standard InChI is InChI=1S/C9H17NO5S/c1-14-4-5-15-3-2-8(11)16-6-7(10)9(12)13/h7H,2-6,10H2,1H3,(H,12,13)/t7-/m0/s1. The quantitative estimate of drug-likeness (QED) is 0.543. The van der Waals surface area contributed by atoms with Crippen molar-refractivity contribution in [3.63, 3.8) is 0 Å². The first-order valence-corrected chi connectivity index (χ1v) is 5.77. The first-order chi connectivity index (χ1) is 7.57. The Labute approximate surface area is 98.5 Å². The van der Waals surface area contributed by atoms with Crippen molar-refractivity contribution in [2.24, 2.45) is 5.73 Å². The predicted molar refractivity (Wildman–Crippen MR) is 60.4 cm³/mol. The lowest BCUT2D eigenvalue weighted by molar-refractivity contribution is -0.137. The van der Waals surface area contributed by atoms with Gasteiger partial charge in [-0.25, -0.2) is 0 Å². The lowest BCUT2D eigenvalue weighted by Crippen LogP contribution is -2.32. The van der Waals surface area contributed by atoms with Crippen molar-refractivity contribution >= 4 is 22.8 Å². The molecular weight excluding hydrogens is 234 g/mol. The minimum absolute atomic E-state index is 0.0895. The monoisotopic (exact) mass is 251 g/mol. The number of hydrogen-bond donors (Lipinski definition) is 2. The molecule has 0 radical (unpaired) electrons. The highest BCUT2D eigenvalue weighted by molar-refractivity contribution is 8.13. The Morgan fingerprint density at radius 3 is 2.62 bits per heavy atom. The summed E-state index contributed by atoms with van der Waals surface area (Å²) in [5, 5.41) is 8.36. The van der Waals surface area contributed by atoms with Gasteiger partial charge in [-0.2, -0.15) is 0 Å². The lowest BCUT2D eigenvalue weighted by Gasteiger charge is -2.05. The Balaban J connectivity index is 3.41. The molecule has 0 aliphatic carbocycles. The second-order valence-electron chi connectivity index (χ2n) is 2.98. The summed E-state index contributed by atoms with van der Waals surface area (Å²) in [6, 6.07) is -0.997. The van der Waals surface area contributed by atoms with Gasteiger partial charge in [0.25, 0.3) is 0 Å². The first kappa shape index (κ1) is 15.4. The van der Waals surface area contributed by atoms with Crippen molar-refractivity contribution in [3.05, 3.63) is 0 Å².